The highest BCUT2D eigenvalue weighted by atomic mass is 19.4. The first kappa shape index (κ1) is 23.2. The molecule has 2 atom stereocenters. The Morgan fingerprint density at radius 1 is 1.31 bits per heavy atom. The van der Waals surface area contributed by atoms with E-state index >= 15 is 0 Å². The number of ether oxygens (including phenoxy) is 1. The Morgan fingerprint density at radius 3 is 2.41 bits per heavy atom. The Labute approximate surface area is 162 Å². The molecule has 1 N–H and O–H groups in total. The summed E-state index contributed by atoms with van der Waals surface area (Å²) in [5, 5.41) is 7.12. The van der Waals surface area contributed by atoms with E-state index in [-0.39, 0.29) is 11.5 Å². The van der Waals surface area contributed by atoms with Gasteiger partial charge in [-0.15, -0.1) is 0 Å². The number of anilines is 1. The maximum atomic E-state index is 12.8. The Balaban J connectivity index is 0.000000370. The van der Waals surface area contributed by atoms with Crippen LogP contribution in [-0.4, -0.2) is 52.5 Å². The summed E-state index contributed by atoms with van der Waals surface area (Å²) >= 11 is 0. The lowest BCUT2D eigenvalue weighted by Crippen LogP contribution is -2.33. The van der Waals surface area contributed by atoms with E-state index in [9.17, 15) is 26.3 Å². The van der Waals surface area contributed by atoms with Crippen molar-refractivity contribution in [1.29, 1.82) is 0 Å². The zero-order chi connectivity index (χ0) is 22.0. The van der Waals surface area contributed by atoms with E-state index in [1.54, 1.807) is 4.90 Å². The maximum Gasteiger partial charge on any atom is 0.490 e. The highest BCUT2D eigenvalue weighted by Gasteiger charge is 2.47. The van der Waals surface area contributed by atoms with Crippen LogP contribution >= 0.6 is 0 Å². The number of rotatable bonds is 2. The monoisotopic (exact) mass is 429 g/mol. The number of hydrogen-bond donors (Lipinski definition) is 1. The zero-order valence-electron chi connectivity index (χ0n) is 15.7. The van der Waals surface area contributed by atoms with Gasteiger partial charge in [0.2, 0.25) is 5.95 Å². The first-order valence-corrected chi connectivity index (χ1v) is 8.83. The van der Waals surface area contributed by atoms with Crippen molar-refractivity contribution in [1.82, 2.24) is 9.97 Å². The Bertz CT molecular complexity index is 725. The van der Waals surface area contributed by atoms with Gasteiger partial charge in [0.25, 0.3) is 0 Å². The van der Waals surface area contributed by atoms with Crippen LogP contribution in [0, 0.1) is 11.8 Å². The first-order chi connectivity index (χ1) is 13.2. The van der Waals surface area contributed by atoms with Crippen molar-refractivity contribution in [2.24, 2.45) is 11.8 Å². The summed E-state index contributed by atoms with van der Waals surface area (Å²) in [6, 6.07) is 0.899. The number of carboxylic acids is 1. The van der Waals surface area contributed by atoms with Gasteiger partial charge in [0, 0.05) is 19.3 Å². The quantitative estimate of drug-likeness (QED) is 0.722. The van der Waals surface area contributed by atoms with Crippen LogP contribution in [0.2, 0.25) is 0 Å². The standard InChI is InChI=1S/C15H20F3N3O.C2HF3O2/c1-10(2)11-7-14(22-8-11)4-6-21(9-14)13-19-5-3-12(20-13)15(16,17)18;3-2(4,5)1(6)7/h3,5,10-11H,4,6-9H2,1-2H3;(H,6,7). The van der Waals surface area contributed by atoms with E-state index in [1.807, 2.05) is 0 Å². The average Bonchev–Trinajstić information content (AvgIpc) is 3.22. The summed E-state index contributed by atoms with van der Waals surface area (Å²) < 4.78 is 76.0. The number of aliphatic carboxylic acids is 1. The fraction of sp³-hybridized carbons (Fsp3) is 0.706. The van der Waals surface area contributed by atoms with Crippen molar-refractivity contribution in [3.63, 3.8) is 0 Å². The number of alkyl halides is 6. The van der Waals surface area contributed by atoms with Gasteiger partial charge in [-0.3, -0.25) is 0 Å². The zero-order valence-corrected chi connectivity index (χ0v) is 15.7. The smallest absolute Gasteiger partial charge is 0.475 e. The van der Waals surface area contributed by atoms with Gasteiger partial charge in [0.05, 0.1) is 12.2 Å². The summed E-state index contributed by atoms with van der Waals surface area (Å²) in [6.07, 6.45) is -6.58. The fourth-order valence-electron chi connectivity index (χ4n) is 3.27. The largest absolute Gasteiger partial charge is 0.490 e. The van der Waals surface area contributed by atoms with Crippen LogP contribution in [0.3, 0.4) is 0 Å². The van der Waals surface area contributed by atoms with E-state index < -0.39 is 24.0 Å². The van der Waals surface area contributed by atoms with Crippen molar-refractivity contribution in [2.75, 3.05) is 24.6 Å². The van der Waals surface area contributed by atoms with Crippen LogP contribution < -0.4 is 4.90 Å². The molecular formula is C17H21F6N3O3. The fourth-order valence-corrected chi connectivity index (χ4v) is 3.27. The number of hydrogen-bond acceptors (Lipinski definition) is 5. The van der Waals surface area contributed by atoms with Crippen LogP contribution in [0.5, 0.6) is 0 Å². The van der Waals surface area contributed by atoms with Crippen molar-refractivity contribution in [2.45, 2.75) is 44.6 Å². The van der Waals surface area contributed by atoms with Crippen molar-refractivity contribution >= 4 is 11.9 Å². The molecule has 6 nitrogen and oxygen atoms in total. The number of nitrogens with zero attached hydrogens (tertiary/aromatic N) is 3. The molecule has 2 aliphatic heterocycles. The third kappa shape index (κ3) is 5.94. The molecule has 164 valence electrons. The predicted octanol–water partition coefficient (Wildman–Crippen LogP) is 3.77. The Morgan fingerprint density at radius 2 is 1.93 bits per heavy atom. The van der Waals surface area contributed by atoms with Crippen LogP contribution in [0.4, 0.5) is 32.3 Å². The molecule has 1 spiro atoms. The van der Waals surface area contributed by atoms with Crippen LogP contribution in [-0.2, 0) is 15.7 Å². The van der Waals surface area contributed by atoms with Crippen LogP contribution in [0.15, 0.2) is 12.3 Å². The van der Waals surface area contributed by atoms with Gasteiger partial charge in [-0.25, -0.2) is 14.8 Å². The molecule has 0 bridgehead atoms. The Kier molecular flexibility index (Phi) is 6.65. The Hall–Kier alpha value is -2.11. The van der Waals surface area contributed by atoms with Gasteiger partial charge >= 0.3 is 18.3 Å². The molecule has 2 unspecified atom stereocenters. The van der Waals surface area contributed by atoms with Crippen molar-refractivity contribution < 1.29 is 41.0 Å². The second kappa shape index (κ2) is 8.33. The highest BCUT2D eigenvalue weighted by molar-refractivity contribution is 5.73. The summed E-state index contributed by atoms with van der Waals surface area (Å²) in [6.45, 7) is 6.28. The number of carbonyl (C=O) groups is 1. The molecule has 12 heteroatoms. The second-order valence-electron chi connectivity index (χ2n) is 7.42. The summed E-state index contributed by atoms with van der Waals surface area (Å²) in [5.74, 6) is -1.54. The molecule has 2 fully saturated rings. The average molecular weight is 429 g/mol. The minimum absolute atomic E-state index is 0.142. The molecular weight excluding hydrogens is 408 g/mol. The van der Waals surface area contributed by atoms with Gasteiger partial charge in [0.1, 0.15) is 5.69 Å². The number of halogens is 6. The SMILES string of the molecule is CC(C)C1COC2(CCN(c3nccc(C(F)(F)F)n3)C2)C1.O=C(O)C(F)(F)F. The van der Waals surface area contributed by atoms with Gasteiger partial charge in [-0.05, 0) is 30.7 Å². The second-order valence-corrected chi connectivity index (χ2v) is 7.42. The van der Waals surface area contributed by atoms with Crippen molar-refractivity contribution in [3.8, 4) is 0 Å². The van der Waals surface area contributed by atoms with Gasteiger partial charge in [-0.1, -0.05) is 13.8 Å². The molecule has 3 rings (SSSR count). The number of aromatic nitrogens is 2. The summed E-state index contributed by atoms with van der Waals surface area (Å²) in [7, 11) is 0. The van der Waals surface area contributed by atoms with Gasteiger partial charge in [-0.2, -0.15) is 26.3 Å². The first-order valence-electron chi connectivity index (χ1n) is 8.83. The topological polar surface area (TPSA) is 75.5 Å². The maximum absolute atomic E-state index is 12.8. The minimum atomic E-state index is -5.08. The summed E-state index contributed by atoms with van der Waals surface area (Å²) in [4.78, 5) is 18.4. The molecule has 0 radical (unpaired) electrons. The molecule has 3 heterocycles. The van der Waals surface area contributed by atoms with Crippen molar-refractivity contribution in [3.05, 3.63) is 18.0 Å². The van der Waals surface area contributed by atoms with E-state index in [0.717, 1.165) is 25.5 Å². The minimum Gasteiger partial charge on any atom is -0.475 e. The number of carboxylic acid groups (broad SMARTS) is 1. The molecule has 1 aromatic rings. The molecule has 2 aliphatic rings. The lowest BCUT2D eigenvalue weighted by molar-refractivity contribution is -0.192. The van der Waals surface area contributed by atoms with E-state index in [4.69, 9.17) is 14.6 Å². The summed E-state index contributed by atoms with van der Waals surface area (Å²) in [5.41, 5.74) is -1.14. The van der Waals surface area contributed by atoms with Gasteiger partial charge < -0.3 is 14.7 Å². The normalized spacial score (nSPS) is 24.7. The molecule has 0 aromatic carbocycles. The van der Waals surface area contributed by atoms with Gasteiger partial charge in [0.15, 0.2) is 0 Å². The molecule has 0 amide bonds. The van der Waals surface area contributed by atoms with E-state index in [1.165, 1.54) is 6.20 Å². The lowest BCUT2D eigenvalue weighted by atomic mass is 9.87. The van der Waals surface area contributed by atoms with E-state index in [0.29, 0.717) is 24.9 Å². The highest BCUT2D eigenvalue weighted by Crippen LogP contribution is 2.41. The molecule has 0 aliphatic carbocycles. The molecule has 29 heavy (non-hydrogen) atoms. The van der Waals surface area contributed by atoms with E-state index in [2.05, 4.69) is 23.8 Å². The molecule has 0 saturated carbocycles. The predicted molar refractivity (Wildman–Crippen MR) is 89.2 cm³/mol. The van der Waals surface area contributed by atoms with Crippen LogP contribution in [0.25, 0.3) is 0 Å². The van der Waals surface area contributed by atoms with Crippen LogP contribution in [0.1, 0.15) is 32.4 Å². The third-order valence-electron chi connectivity index (χ3n) is 4.96. The molecule has 2 saturated heterocycles. The third-order valence-corrected chi connectivity index (χ3v) is 4.96. The lowest BCUT2D eigenvalue weighted by Gasteiger charge is -2.24. The molecule has 1 aromatic heterocycles.